The molecule has 1 amide bonds. The van der Waals surface area contributed by atoms with Crippen molar-refractivity contribution in [2.45, 2.75) is 6.92 Å². The molecule has 0 atom stereocenters. The fraction of sp³-hybridized carbons (Fsp3) is 0.0952. The summed E-state index contributed by atoms with van der Waals surface area (Å²) in [5.74, 6) is -1.22. The van der Waals surface area contributed by atoms with Crippen LogP contribution in [-0.4, -0.2) is 20.0 Å². The number of rotatable bonds is 3. The van der Waals surface area contributed by atoms with E-state index >= 15 is 0 Å². The molecule has 4 aromatic rings. The van der Waals surface area contributed by atoms with Crippen LogP contribution in [0.2, 0.25) is 0 Å². The minimum Gasteiger partial charge on any atom is -0.344 e. The van der Waals surface area contributed by atoms with Gasteiger partial charge < -0.3 is 14.9 Å². The third kappa shape index (κ3) is 3.14. The summed E-state index contributed by atoms with van der Waals surface area (Å²) >= 11 is 0. The molecule has 0 radical (unpaired) electrons. The SMILES string of the molecule is Cc1ccc(-n2c(=O)[nH]c3c(C(=O)Nc4ccccc4F)cn(C)c3c2=O)cc1. The van der Waals surface area contributed by atoms with Gasteiger partial charge in [0.2, 0.25) is 0 Å². The summed E-state index contributed by atoms with van der Waals surface area (Å²) in [6, 6.07) is 12.7. The van der Waals surface area contributed by atoms with Gasteiger partial charge in [-0.3, -0.25) is 9.59 Å². The standard InChI is InChI=1S/C21H17FN4O3/c1-12-7-9-13(10-8-12)26-20(28)18-17(24-21(26)29)14(11-25(18)2)19(27)23-16-6-4-3-5-15(16)22/h3-11H,1-2H3,(H,23,27)(H,24,29). The Hall–Kier alpha value is -3.94. The number of benzene rings is 2. The number of nitrogens with one attached hydrogen (secondary N) is 2. The van der Waals surface area contributed by atoms with Crippen LogP contribution in [0.25, 0.3) is 16.7 Å². The van der Waals surface area contributed by atoms with Crippen LogP contribution >= 0.6 is 0 Å². The lowest BCUT2D eigenvalue weighted by molar-refractivity contribution is 0.102. The number of para-hydroxylation sites is 1. The van der Waals surface area contributed by atoms with E-state index in [1.807, 2.05) is 6.92 Å². The molecule has 29 heavy (non-hydrogen) atoms. The first-order chi connectivity index (χ1) is 13.9. The Morgan fingerprint density at radius 3 is 2.45 bits per heavy atom. The third-order valence-corrected chi connectivity index (χ3v) is 4.68. The summed E-state index contributed by atoms with van der Waals surface area (Å²) in [6.07, 6.45) is 1.43. The normalized spacial score (nSPS) is 11.0. The largest absolute Gasteiger partial charge is 0.344 e. The van der Waals surface area contributed by atoms with E-state index in [1.54, 1.807) is 37.4 Å². The molecule has 0 aliphatic rings. The molecule has 7 nitrogen and oxygen atoms in total. The molecule has 2 aromatic heterocycles. The summed E-state index contributed by atoms with van der Waals surface area (Å²) in [4.78, 5) is 41.0. The number of fused-ring (bicyclic) bond motifs is 1. The van der Waals surface area contributed by atoms with E-state index < -0.39 is 23.0 Å². The minimum absolute atomic E-state index is 0.00449. The number of H-pyrrole nitrogens is 1. The Balaban J connectivity index is 1.86. The summed E-state index contributed by atoms with van der Waals surface area (Å²) in [5.41, 5.74) is 0.509. The Morgan fingerprint density at radius 2 is 1.76 bits per heavy atom. The van der Waals surface area contributed by atoms with Gasteiger partial charge >= 0.3 is 5.69 Å². The van der Waals surface area contributed by atoms with E-state index in [2.05, 4.69) is 10.3 Å². The van der Waals surface area contributed by atoms with Gasteiger partial charge in [-0.15, -0.1) is 0 Å². The second-order valence-corrected chi connectivity index (χ2v) is 6.72. The average Bonchev–Trinajstić information content (AvgIpc) is 3.01. The number of aryl methyl sites for hydroxylation is 2. The van der Waals surface area contributed by atoms with E-state index in [-0.39, 0.29) is 22.3 Å². The molecule has 146 valence electrons. The molecular weight excluding hydrogens is 375 g/mol. The lowest BCUT2D eigenvalue weighted by atomic mass is 10.2. The maximum Gasteiger partial charge on any atom is 0.333 e. The van der Waals surface area contributed by atoms with Crippen molar-refractivity contribution in [2.24, 2.45) is 7.05 Å². The molecule has 0 aliphatic carbocycles. The van der Waals surface area contributed by atoms with E-state index in [0.717, 1.165) is 10.1 Å². The van der Waals surface area contributed by atoms with Crippen LogP contribution in [0.5, 0.6) is 0 Å². The zero-order chi connectivity index (χ0) is 20.7. The van der Waals surface area contributed by atoms with Crippen LogP contribution in [0.3, 0.4) is 0 Å². The Bertz CT molecular complexity index is 1360. The molecule has 0 aliphatic heterocycles. The Labute approximate surface area is 164 Å². The molecule has 2 aromatic carbocycles. The van der Waals surface area contributed by atoms with Gasteiger partial charge in [-0.2, -0.15) is 0 Å². The van der Waals surface area contributed by atoms with Gasteiger partial charge in [0.1, 0.15) is 11.3 Å². The van der Waals surface area contributed by atoms with Crippen molar-refractivity contribution in [3.8, 4) is 5.69 Å². The van der Waals surface area contributed by atoms with Gasteiger partial charge in [-0.1, -0.05) is 29.8 Å². The van der Waals surface area contributed by atoms with E-state index in [9.17, 15) is 18.8 Å². The molecule has 0 saturated carbocycles. The summed E-state index contributed by atoms with van der Waals surface area (Å²) < 4.78 is 16.3. The molecule has 2 N–H and O–H groups in total. The zero-order valence-electron chi connectivity index (χ0n) is 15.7. The van der Waals surface area contributed by atoms with Gasteiger partial charge in [0.05, 0.1) is 22.5 Å². The Morgan fingerprint density at radius 1 is 1.07 bits per heavy atom. The smallest absolute Gasteiger partial charge is 0.333 e. The molecule has 0 saturated heterocycles. The molecule has 0 spiro atoms. The number of hydrogen-bond donors (Lipinski definition) is 2. The van der Waals surface area contributed by atoms with Crippen molar-refractivity contribution < 1.29 is 9.18 Å². The molecular formula is C21H17FN4O3. The number of hydrogen-bond acceptors (Lipinski definition) is 3. The molecule has 4 rings (SSSR count). The maximum absolute atomic E-state index is 13.9. The molecule has 2 heterocycles. The van der Waals surface area contributed by atoms with Crippen LogP contribution in [0.15, 0.2) is 64.3 Å². The highest BCUT2D eigenvalue weighted by Crippen LogP contribution is 2.19. The quantitative estimate of drug-likeness (QED) is 0.562. The second kappa shape index (κ2) is 6.90. The van der Waals surface area contributed by atoms with Gasteiger partial charge in [-0.25, -0.2) is 13.8 Å². The maximum atomic E-state index is 13.9. The van der Waals surface area contributed by atoms with Crippen LogP contribution in [0.1, 0.15) is 15.9 Å². The fourth-order valence-corrected chi connectivity index (χ4v) is 3.22. The van der Waals surface area contributed by atoms with E-state index in [0.29, 0.717) is 5.69 Å². The molecule has 8 heteroatoms. The number of nitrogens with zero attached hydrogens (tertiary/aromatic N) is 2. The third-order valence-electron chi connectivity index (χ3n) is 4.68. The van der Waals surface area contributed by atoms with Crippen molar-refractivity contribution in [2.75, 3.05) is 5.32 Å². The second-order valence-electron chi connectivity index (χ2n) is 6.72. The van der Waals surface area contributed by atoms with Gasteiger partial charge in [0, 0.05) is 13.2 Å². The summed E-state index contributed by atoms with van der Waals surface area (Å²) in [6.45, 7) is 1.90. The van der Waals surface area contributed by atoms with Gasteiger partial charge in [0.15, 0.2) is 0 Å². The van der Waals surface area contributed by atoms with Crippen LogP contribution in [-0.2, 0) is 7.05 Å². The van der Waals surface area contributed by atoms with Crippen molar-refractivity contribution in [1.29, 1.82) is 0 Å². The van der Waals surface area contributed by atoms with Crippen LogP contribution in [0.4, 0.5) is 10.1 Å². The highest BCUT2D eigenvalue weighted by Gasteiger charge is 2.20. The van der Waals surface area contributed by atoms with E-state index in [1.165, 1.54) is 29.0 Å². The number of carbonyl (C=O) groups is 1. The number of aromatic amines is 1. The number of aromatic nitrogens is 3. The first-order valence-electron chi connectivity index (χ1n) is 8.84. The van der Waals surface area contributed by atoms with Gasteiger partial charge in [0.25, 0.3) is 11.5 Å². The first kappa shape index (κ1) is 18.4. The topological polar surface area (TPSA) is 88.9 Å². The molecule has 0 fully saturated rings. The van der Waals surface area contributed by atoms with Crippen molar-refractivity contribution in [1.82, 2.24) is 14.1 Å². The lowest BCUT2D eigenvalue weighted by Crippen LogP contribution is -2.34. The fourth-order valence-electron chi connectivity index (χ4n) is 3.22. The lowest BCUT2D eigenvalue weighted by Gasteiger charge is -2.07. The van der Waals surface area contributed by atoms with Crippen molar-refractivity contribution in [3.63, 3.8) is 0 Å². The number of carbonyl (C=O) groups excluding carboxylic acids is 1. The van der Waals surface area contributed by atoms with E-state index in [4.69, 9.17) is 0 Å². The number of halogens is 1. The molecule has 0 bridgehead atoms. The van der Waals surface area contributed by atoms with Crippen molar-refractivity contribution >= 4 is 22.6 Å². The number of amides is 1. The zero-order valence-corrected chi connectivity index (χ0v) is 15.7. The van der Waals surface area contributed by atoms with Gasteiger partial charge in [-0.05, 0) is 31.2 Å². The first-order valence-corrected chi connectivity index (χ1v) is 8.84. The summed E-state index contributed by atoms with van der Waals surface area (Å²) in [7, 11) is 1.60. The summed E-state index contributed by atoms with van der Waals surface area (Å²) in [5, 5.41) is 2.47. The predicted octanol–water partition coefficient (Wildman–Crippen LogP) is 2.72. The average molecular weight is 392 g/mol. The van der Waals surface area contributed by atoms with Crippen LogP contribution < -0.4 is 16.6 Å². The number of anilines is 1. The highest BCUT2D eigenvalue weighted by atomic mass is 19.1. The van der Waals surface area contributed by atoms with Crippen LogP contribution in [0, 0.1) is 12.7 Å². The minimum atomic E-state index is -0.669. The monoisotopic (exact) mass is 392 g/mol. The predicted molar refractivity (Wildman–Crippen MR) is 108 cm³/mol. The molecule has 0 unspecified atom stereocenters. The van der Waals surface area contributed by atoms with Crippen molar-refractivity contribution in [3.05, 3.63) is 92.5 Å². The Kier molecular flexibility index (Phi) is 4.38. The highest BCUT2D eigenvalue weighted by molar-refractivity contribution is 6.11.